The van der Waals surface area contributed by atoms with Gasteiger partial charge in [-0.15, -0.1) is 0 Å². The van der Waals surface area contributed by atoms with Crippen molar-refractivity contribution < 1.29 is 19.2 Å². The zero-order valence-corrected chi connectivity index (χ0v) is 15.5. The number of halogens is 1. The molecule has 0 radical (unpaired) electrons. The number of nitro groups is 1. The van der Waals surface area contributed by atoms with Crippen molar-refractivity contribution in [3.05, 3.63) is 63.2 Å². The SMILES string of the molecule is CC(C)C1Oc2cc([N+](=O)[O-])ccc2N(CC(=O)c2ccc(Cl)cc2)C1=O. The molecule has 1 atom stereocenters. The number of anilines is 1. The zero-order valence-electron chi connectivity index (χ0n) is 14.7. The molecule has 0 aliphatic carbocycles. The standard InChI is InChI=1S/C19H17ClN2O5/c1-11(2)18-19(24)21(10-16(23)12-3-5-13(20)6-4-12)15-8-7-14(22(25)26)9-17(15)27-18/h3-9,11,18H,10H2,1-2H3. The predicted molar refractivity (Wildman–Crippen MR) is 100 cm³/mol. The van der Waals surface area contributed by atoms with E-state index in [4.69, 9.17) is 16.3 Å². The van der Waals surface area contributed by atoms with Gasteiger partial charge in [0.25, 0.3) is 11.6 Å². The Morgan fingerprint density at radius 1 is 1.26 bits per heavy atom. The summed E-state index contributed by atoms with van der Waals surface area (Å²) in [7, 11) is 0. The summed E-state index contributed by atoms with van der Waals surface area (Å²) in [4.78, 5) is 37.3. The molecule has 1 aliphatic rings. The van der Waals surface area contributed by atoms with Crippen molar-refractivity contribution in [1.82, 2.24) is 0 Å². The van der Waals surface area contributed by atoms with Crippen LogP contribution >= 0.6 is 11.6 Å². The topological polar surface area (TPSA) is 89.8 Å². The summed E-state index contributed by atoms with van der Waals surface area (Å²) in [5.41, 5.74) is 0.614. The average molecular weight is 389 g/mol. The maximum atomic E-state index is 12.9. The van der Waals surface area contributed by atoms with E-state index < -0.39 is 11.0 Å². The van der Waals surface area contributed by atoms with E-state index in [2.05, 4.69) is 0 Å². The minimum absolute atomic E-state index is 0.144. The average Bonchev–Trinajstić information content (AvgIpc) is 2.63. The molecule has 0 bridgehead atoms. The first-order chi connectivity index (χ1) is 12.8. The van der Waals surface area contributed by atoms with Gasteiger partial charge in [0.05, 0.1) is 23.2 Å². The minimum Gasteiger partial charge on any atom is -0.478 e. The number of hydrogen-bond donors (Lipinski definition) is 0. The van der Waals surface area contributed by atoms with Crippen LogP contribution in [0.4, 0.5) is 11.4 Å². The Morgan fingerprint density at radius 2 is 1.93 bits per heavy atom. The van der Waals surface area contributed by atoms with Gasteiger partial charge in [-0.2, -0.15) is 0 Å². The number of Topliss-reactive ketones (excluding diaryl/α,β-unsaturated/α-hetero) is 1. The number of rotatable bonds is 5. The Kier molecular flexibility index (Phi) is 5.14. The van der Waals surface area contributed by atoms with E-state index in [0.717, 1.165) is 0 Å². The van der Waals surface area contributed by atoms with E-state index in [0.29, 0.717) is 16.3 Å². The number of ketones is 1. The third-order valence-electron chi connectivity index (χ3n) is 4.28. The first-order valence-corrected chi connectivity index (χ1v) is 8.71. The molecule has 2 aromatic carbocycles. The van der Waals surface area contributed by atoms with E-state index >= 15 is 0 Å². The number of nitro benzene ring substituents is 1. The molecule has 0 saturated heterocycles. The van der Waals surface area contributed by atoms with Crippen molar-refractivity contribution in [2.75, 3.05) is 11.4 Å². The number of nitrogens with zero attached hydrogens (tertiary/aromatic N) is 2. The molecule has 1 heterocycles. The Hall–Kier alpha value is -2.93. The number of ether oxygens (including phenoxy) is 1. The molecule has 0 N–H and O–H groups in total. The molecule has 1 unspecified atom stereocenters. The number of fused-ring (bicyclic) bond motifs is 1. The number of carbonyl (C=O) groups excluding carboxylic acids is 2. The van der Waals surface area contributed by atoms with Crippen LogP contribution in [-0.2, 0) is 4.79 Å². The second kappa shape index (κ2) is 7.36. The fraction of sp³-hybridized carbons (Fsp3) is 0.263. The van der Waals surface area contributed by atoms with Gasteiger partial charge in [0, 0.05) is 16.7 Å². The van der Waals surface area contributed by atoms with Gasteiger partial charge < -0.3 is 4.74 Å². The van der Waals surface area contributed by atoms with Crippen LogP contribution < -0.4 is 9.64 Å². The van der Waals surface area contributed by atoms with Gasteiger partial charge >= 0.3 is 0 Å². The monoisotopic (exact) mass is 388 g/mol. The fourth-order valence-corrected chi connectivity index (χ4v) is 2.97. The molecule has 1 amide bonds. The number of hydrogen-bond acceptors (Lipinski definition) is 5. The highest BCUT2D eigenvalue weighted by molar-refractivity contribution is 6.30. The Balaban J connectivity index is 1.97. The van der Waals surface area contributed by atoms with Crippen LogP contribution in [0.2, 0.25) is 5.02 Å². The third-order valence-corrected chi connectivity index (χ3v) is 4.53. The largest absolute Gasteiger partial charge is 0.478 e. The molecule has 27 heavy (non-hydrogen) atoms. The Labute approximate surface area is 160 Å². The molecule has 0 fully saturated rings. The highest BCUT2D eigenvalue weighted by atomic mass is 35.5. The Morgan fingerprint density at radius 3 is 2.52 bits per heavy atom. The summed E-state index contributed by atoms with van der Waals surface area (Å²) >= 11 is 5.85. The van der Waals surface area contributed by atoms with Gasteiger partial charge in [-0.3, -0.25) is 24.6 Å². The lowest BCUT2D eigenvalue weighted by molar-refractivity contribution is -0.384. The smallest absolute Gasteiger partial charge is 0.273 e. The normalized spacial score (nSPS) is 16.1. The highest BCUT2D eigenvalue weighted by Gasteiger charge is 2.38. The molecule has 1 aliphatic heterocycles. The van der Waals surface area contributed by atoms with Gasteiger partial charge in [0.15, 0.2) is 17.6 Å². The molecule has 0 aromatic heterocycles. The van der Waals surface area contributed by atoms with E-state index in [1.807, 2.05) is 13.8 Å². The molecule has 0 spiro atoms. The van der Waals surface area contributed by atoms with Crippen LogP contribution in [0, 0.1) is 16.0 Å². The van der Waals surface area contributed by atoms with Crippen molar-refractivity contribution in [3.8, 4) is 5.75 Å². The van der Waals surface area contributed by atoms with Gasteiger partial charge in [0.2, 0.25) is 0 Å². The molecular formula is C19H17ClN2O5. The van der Waals surface area contributed by atoms with Crippen molar-refractivity contribution >= 4 is 34.7 Å². The number of carbonyl (C=O) groups is 2. The summed E-state index contributed by atoms with van der Waals surface area (Å²) in [5.74, 6) is -0.577. The number of non-ortho nitro benzene ring substituents is 1. The minimum atomic E-state index is -0.822. The highest BCUT2D eigenvalue weighted by Crippen LogP contribution is 2.38. The molecule has 7 nitrogen and oxygen atoms in total. The van der Waals surface area contributed by atoms with Gasteiger partial charge in [-0.05, 0) is 36.2 Å². The molecule has 3 rings (SSSR count). The van der Waals surface area contributed by atoms with Crippen molar-refractivity contribution in [3.63, 3.8) is 0 Å². The summed E-state index contributed by atoms with van der Waals surface area (Å²) in [6.07, 6.45) is -0.822. The zero-order chi connectivity index (χ0) is 19.7. The van der Waals surface area contributed by atoms with Gasteiger partial charge in [-0.25, -0.2) is 0 Å². The Bertz CT molecular complexity index is 911. The van der Waals surface area contributed by atoms with Crippen molar-refractivity contribution in [2.45, 2.75) is 20.0 Å². The fourth-order valence-electron chi connectivity index (χ4n) is 2.85. The quantitative estimate of drug-likeness (QED) is 0.440. The summed E-state index contributed by atoms with van der Waals surface area (Å²) in [5, 5.41) is 11.5. The third kappa shape index (κ3) is 3.78. The van der Waals surface area contributed by atoms with Crippen LogP contribution in [0.15, 0.2) is 42.5 Å². The second-order valence-electron chi connectivity index (χ2n) is 6.55. The van der Waals surface area contributed by atoms with Crippen LogP contribution in [0.3, 0.4) is 0 Å². The molecular weight excluding hydrogens is 372 g/mol. The van der Waals surface area contributed by atoms with E-state index in [1.165, 1.54) is 23.1 Å². The summed E-state index contributed by atoms with van der Waals surface area (Å²) in [6, 6.07) is 10.4. The molecule has 0 saturated carbocycles. The van der Waals surface area contributed by atoms with Crippen LogP contribution in [0.25, 0.3) is 0 Å². The molecule has 2 aromatic rings. The summed E-state index contributed by atoms with van der Waals surface area (Å²) in [6.45, 7) is 3.42. The molecule has 140 valence electrons. The lowest BCUT2D eigenvalue weighted by atomic mass is 10.0. The van der Waals surface area contributed by atoms with Crippen LogP contribution in [0.5, 0.6) is 5.75 Å². The first-order valence-electron chi connectivity index (χ1n) is 8.33. The first kappa shape index (κ1) is 18.8. The van der Waals surface area contributed by atoms with Crippen LogP contribution in [0.1, 0.15) is 24.2 Å². The maximum Gasteiger partial charge on any atom is 0.273 e. The lowest BCUT2D eigenvalue weighted by Crippen LogP contribution is -2.50. The molecule has 8 heteroatoms. The lowest BCUT2D eigenvalue weighted by Gasteiger charge is -2.35. The maximum absolute atomic E-state index is 12.9. The van der Waals surface area contributed by atoms with E-state index in [1.54, 1.807) is 24.3 Å². The van der Waals surface area contributed by atoms with E-state index in [-0.39, 0.29) is 35.6 Å². The summed E-state index contributed by atoms with van der Waals surface area (Å²) < 4.78 is 5.71. The van der Waals surface area contributed by atoms with Gasteiger partial charge in [-0.1, -0.05) is 25.4 Å². The predicted octanol–water partition coefficient (Wildman–Crippen LogP) is 3.88. The van der Waals surface area contributed by atoms with E-state index in [9.17, 15) is 19.7 Å². The number of amides is 1. The second-order valence-corrected chi connectivity index (χ2v) is 6.98. The van der Waals surface area contributed by atoms with Crippen molar-refractivity contribution in [2.24, 2.45) is 5.92 Å². The van der Waals surface area contributed by atoms with Crippen molar-refractivity contribution in [1.29, 1.82) is 0 Å². The van der Waals surface area contributed by atoms with Gasteiger partial charge in [0.1, 0.15) is 0 Å². The van der Waals surface area contributed by atoms with Crippen LogP contribution in [-0.4, -0.2) is 29.3 Å². The number of benzene rings is 2.